The van der Waals surface area contributed by atoms with Gasteiger partial charge in [-0.25, -0.2) is 0 Å². The minimum atomic E-state index is -3.53. The second-order valence-corrected chi connectivity index (χ2v) is 8.18. The quantitative estimate of drug-likeness (QED) is 0.798. The summed E-state index contributed by atoms with van der Waals surface area (Å²) in [5.74, 6) is 0.417. The molecule has 0 unspecified atom stereocenters. The van der Waals surface area contributed by atoms with E-state index in [2.05, 4.69) is 10.1 Å². The van der Waals surface area contributed by atoms with E-state index < -0.39 is 10.2 Å². The normalized spacial score (nSPS) is 26.1. The Morgan fingerprint density at radius 3 is 2.40 bits per heavy atom. The highest BCUT2D eigenvalue weighted by Crippen LogP contribution is 2.39. The number of aromatic nitrogens is 2. The molecule has 0 bridgehead atoms. The van der Waals surface area contributed by atoms with Crippen molar-refractivity contribution in [3.63, 3.8) is 0 Å². The van der Waals surface area contributed by atoms with Gasteiger partial charge in [-0.2, -0.15) is 22.0 Å². The maximum Gasteiger partial charge on any atom is 0.282 e. The smallest absolute Gasteiger partial charge is 0.282 e. The molecule has 2 saturated heterocycles. The minimum absolute atomic E-state index is 0.00499. The molecule has 0 N–H and O–H groups in total. The first-order valence-electron chi connectivity index (χ1n) is 8.30. The lowest BCUT2D eigenvalue weighted by Crippen LogP contribution is -2.47. The molecule has 0 amide bonds. The number of hydrogen-bond acceptors (Lipinski definition) is 6. The van der Waals surface area contributed by atoms with E-state index in [9.17, 15) is 8.42 Å². The van der Waals surface area contributed by atoms with Gasteiger partial charge in [-0.3, -0.25) is 0 Å². The number of benzene rings is 1. The van der Waals surface area contributed by atoms with Gasteiger partial charge in [-0.05, 0) is 5.56 Å². The fourth-order valence-electron chi connectivity index (χ4n) is 3.54. The molecule has 2 aliphatic rings. The molecule has 0 radical (unpaired) electrons. The molecule has 2 aliphatic heterocycles. The van der Waals surface area contributed by atoms with Crippen LogP contribution in [0.15, 0.2) is 41.2 Å². The molecule has 1 aromatic carbocycles. The number of hydrogen-bond donors (Lipinski definition) is 0. The van der Waals surface area contributed by atoms with E-state index >= 15 is 0 Å². The zero-order valence-corrected chi connectivity index (χ0v) is 14.5. The number of nitrogens with zero attached hydrogens (tertiary/aromatic N) is 4. The summed E-state index contributed by atoms with van der Waals surface area (Å²) >= 11 is 0. The topological polar surface area (TPSA) is 88.8 Å². The zero-order valence-electron chi connectivity index (χ0n) is 13.7. The molecular formula is C16H20N4O4S. The van der Waals surface area contributed by atoms with Gasteiger partial charge in [0.2, 0.25) is 6.39 Å². The van der Waals surface area contributed by atoms with Crippen LogP contribution >= 0.6 is 0 Å². The van der Waals surface area contributed by atoms with Crippen molar-refractivity contribution in [1.82, 2.24) is 18.8 Å². The lowest BCUT2D eigenvalue weighted by Gasteiger charge is -2.30. The third-order valence-corrected chi connectivity index (χ3v) is 6.82. The van der Waals surface area contributed by atoms with E-state index in [4.69, 9.17) is 9.26 Å². The fourth-order valence-corrected chi connectivity index (χ4v) is 5.17. The van der Waals surface area contributed by atoms with Crippen LogP contribution in [0.4, 0.5) is 0 Å². The van der Waals surface area contributed by atoms with Gasteiger partial charge in [-0.1, -0.05) is 35.5 Å². The zero-order chi connectivity index (χ0) is 17.3. The van der Waals surface area contributed by atoms with Crippen LogP contribution in [0.5, 0.6) is 0 Å². The summed E-state index contributed by atoms with van der Waals surface area (Å²) in [6, 6.07) is 9.90. The standard InChI is InChI=1S/C16H20N4O4S/c21-25(22,19-6-8-23-9-7-19)20-10-14(13-4-2-1-3-5-13)15(11-20)16-17-12-24-18-16/h1-5,12,14-15H,6-11H2/t14-,15-/m1/s1. The molecule has 0 spiro atoms. The first kappa shape index (κ1) is 16.6. The van der Waals surface area contributed by atoms with Gasteiger partial charge in [0.05, 0.1) is 13.2 Å². The summed E-state index contributed by atoms with van der Waals surface area (Å²) in [6.45, 7) is 2.40. The highest BCUT2D eigenvalue weighted by atomic mass is 32.2. The van der Waals surface area contributed by atoms with Gasteiger partial charge in [0.1, 0.15) is 0 Å². The van der Waals surface area contributed by atoms with Crippen molar-refractivity contribution in [3.05, 3.63) is 48.1 Å². The van der Waals surface area contributed by atoms with Gasteiger partial charge < -0.3 is 9.26 Å². The van der Waals surface area contributed by atoms with Crippen LogP contribution in [0.1, 0.15) is 23.2 Å². The maximum absolute atomic E-state index is 13.0. The average molecular weight is 364 g/mol. The highest BCUT2D eigenvalue weighted by Gasteiger charge is 2.44. The molecule has 2 atom stereocenters. The number of morpholine rings is 1. The monoisotopic (exact) mass is 364 g/mol. The largest absolute Gasteiger partial charge is 0.379 e. The van der Waals surface area contributed by atoms with Crippen molar-refractivity contribution >= 4 is 10.2 Å². The molecule has 8 nitrogen and oxygen atoms in total. The third kappa shape index (κ3) is 3.20. The number of rotatable bonds is 4. The van der Waals surface area contributed by atoms with Crippen LogP contribution in [-0.4, -0.2) is 66.6 Å². The maximum atomic E-state index is 13.0. The van der Waals surface area contributed by atoms with Crippen LogP contribution in [0.25, 0.3) is 0 Å². The second-order valence-electron chi connectivity index (χ2n) is 6.25. The van der Waals surface area contributed by atoms with Crippen LogP contribution in [0, 0.1) is 0 Å². The van der Waals surface area contributed by atoms with Crippen LogP contribution in [-0.2, 0) is 14.9 Å². The fraction of sp³-hybridized carbons (Fsp3) is 0.500. The summed E-state index contributed by atoms with van der Waals surface area (Å²) in [5.41, 5.74) is 1.08. The highest BCUT2D eigenvalue weighted by molar-refractivity contribution is 7.86. The molecule has 25 heavy (non-hydrogen) atoms. The Morgan fingerprint density at radius 2 is 1.72 bits per heavy atom. The molecule has 9 heteroatoms. The third-order valence-electron chi connectivity index (χ3n) is 4.85. The summed E-state index contributed by atoms with van der Waals surface area (Å²) in [4.78, 5) is 4.17. The molecule has 2 aromatic rings. The van der Waals surface area contributed by atoms with E-state index in [1.54, 1.807) is 0 Å². The molecule has 0 aliphatic carbocycles. The van der Waals surface area contributed by atoms with Crippen LogP contribution in [0.3, 0.4) is 0 Å². The van der Waals surface area contributed by atoms with Gasteiger partial charge in [0.15, 0.2) is 5.82 Å². The van der Waals surface area contributed by atoms with Crippen molar-refractivity contribution in [2.75, 3.05) is 39.4 Å². The Kier molecular flexibility index (Phi) is 4.55. The molecular weight excluding hydrogens is 344 g/mol. The number of ether oxygens (including phenoxy) is 1. The summed E-state index contributed by atoms with van der Waals surface area (Å²) < 4.78 is 39.2. The summed E-state index contributed by atoms with van der Waals surface area (Å²) in [7, 11) is -3.53. The Morgan fingerprint density at radius 1 is 1.00 bits per heavy atom. The molecule has 4 rings (SSSR count). The minimum Gasteiger partial charge on any atom is -0.379 e. The van der Waals surface area contributed by atoms with Crippen LogP contribution < -0.4 is 0 Å². The van der Waals surface area contributed by atoms with E-state index in [0.717, 1.165) is 5.56 Å². The summed E-state index contributed by atoms with van der Waals surface area (Å²) in [6.07, 6.45) is 1.29. The molecule has 1 aromatic heterocycles. The van der Waals surface area contributed by atoms with Crippen molar-refractivity contribution < 1.29 is 17.7 Å². The van der Waals surface area contributed by atoms with Crippen molar-refractivity contribution in [2.24, 2.45) is 0 Å². The van der Waals surface area contributed by atoms with Crippen molar-refractivity contribution in [2.45, 2.75) is 11.8 Å². The van der Waals surface area contributed by atoms with E-state index in [1.165, 1.54) is 15.0 Å². The van der Waals surface area contributed by atoms with E-state index in [0.29, 0.717) is 45.2 Å². The van der Waals surface area contributed by atoms with Gasteiger partial charge in [-0.15, -0.1) is 0 Å². The SMILES string of the molecule is O=S(=O)(N1CCOCC1)N1C[C@H](c2ccccc2)[C@H](c2ncon2)C1. The Hall–Kier alpha value is -1.81. The lowest BCUT2D eigenvalue weighted by atomic mass is 9.88. The molecule has 2 fully saturated rings. The Bertz CT molecular complexity index is 791. The Balaban J connectivity index is 1.63. The van der Waals surface area contributed by atoms with Gasteiger partial charge in [0.25, 0.3) is 10.2 Å². The first-order chi connectivity index (χ1) is 12.2. The lowest BCUT2D eigenvalue weighted by molar-refractivity contribution is 0.0705. The molecule has 0 saturated carbocycles. The second kappa shape index (κ2) is 6.83. The van der Waals surface area contributed by atoms with Crippen molar-refractivity contribution in [3.8, 4) is 0 Å². The van der Waals surface area contributed by atoms with Crippen LogP contribution in [0.2, 0.25) is 0 Å². The Labute approximate surface area is 146 Å². The van der Waals surface area contributed by atoms with Crippen molar-refractivity contribution in [1.29, 1.82) is 0 Å². The van der Waals surface area contributed by atoms with Gasteiger partial charge in [0, 0.05) is 38.0 Å². The van der Waals surface area contributed by atoms with E-state index in [1.807, 2.05) is 30.3 Å². The molecule has 3 heterocycles. The predicted molar refractivity (Wildman–Crippen MR) is 89.1 cm³/mol. The predicted octanol–water partition coefficient (Wildman–Crippen LogP) is 0.830. The summed E-state index contributed by atoms with van der Waals surface area (Å²) in [5, 5.41) is 3.96. The van der Waals surface area contributed by atoms with Gasteiger partial charge >= 0.3 is 0 Å². The van der Waals surface area contributed by atoms with E-state index in [-0.39, 0.29) is 11.8 Å². The molecule has 134 valence electrons. The average Bonchev–Trinajstić information content (AvgIpc) is 3.33. The first-order valence-corrected chi connectivity index (χ1v) is 9.70.